The van der Waals surface area contributed by atoms with Gasteiger partial charge in [0.2, 0.25) is 0 Å². The summed E-state index contributed by atoms with van der Waals surface area (Å²) in [5, 5.41) is 10.9. The molecule has 190 valence electrons. The average Bonchev–Trinajstić information content (AvgIpc) is 2.77. The van der Waals surface area contributed by atoms with Gasteiger partial charge in [-0.1, -0.05) is 135 Å². The minimum atomic E-state index is -1.22. The van der Waals surface area contributed by atoms with Gasteiger partial charge in [0.05, 0.1) is 4.92 Å². The Hall–Kier alpha value is -0.200. The van der Waals surface area contributed by atoms with Gasteiger partial charge in [0.25, 0.3) is 10.4 Å². The zero-order chi connectivity index (χ0) is 23.7. The van der Waals surface area contributed by atoms with Gasteiger partial charge in [-0.25, -0.2) is 0 Å². The Balaban J connectivity index is 3.78. The van der Waals surface area contributed by atoms with Crippen LogP contribution >= 0.6 is 11.8 Å². The molecule has 0 spiro atoms. The fourth-order valence-electron chi connectivity index (χ4n) is 3.83. The highest BCUT2D eigenvalue weighted by Gasteiger charge is 2.19. The number of rotatable bonds is 25. The second kappa shape index (κ2) is 25.4. The molecule has 4 nitrogen and oxygen atoms in total. The van der Waals surface area contributed by atoms with Crippen molar-refractivity contribution in [2.75, 3.05) is 11.5 Å². The molecule has 0 aromatic carbocycles. The summed E-state index contributed by atoms with van der Waals surface area (Å²) in [7, 11) is 0. The van der Waals surface area contributed by atoms with Crippen LogP contribution in [-0.4, -0.2) is 21.0 Å². The zero-order valence-corrected chi connectivity index (χ0v) is 22.8. The second-order valence-electron chi connectivity index (χ2n) is 9.00. The Bertz CT molecular complexity index is 447. The van der Waals surface area contributed by atoms with Crippen molar-refractivity contribution in [3.63, 3.8) is 0 Å². The van der Waals surface area contributed by atoms with Crippen molar-refractivity contribution in [3.05, 3.63) is 20.6 Å². The molecule has 0 saturated heterocycles. The van der Waals surface area contributed by atoms with E-state index in [0.29, 0.717) is 9.99 Å². The quantitative estimate of drug-likeness (QED) is 0.0554. The van der Waals surface area contributed by atoms with Gasteiger partial charge in [0.15, 0.2) is 0 Å². The molecule has 0 fully saturated rings. The fraction of sp³-hybridized carbons (Fsp3) is 0.923. The lowest BCUT2D eigenvalue weighted by molar-refractivity contribution is -0.402. The highest BCUT2D eigenvalue weighted by atomic mass is 32.3. The minimum Gasteiger partial charge on any atom is -0.611 e. The topological polar surface area (TPSA) is 66.2 Å². The third-order valence-corrected chi connectivity index (χ3v) is 8.87. The molecule has 0 N–H and O–H groups in total. The molecule has 0 radical (unpaired) electrons. The van der Waals surface area contributed by atoms with Gasteiger partial charge < -0.3 is 4.55 Å². The van der Waals surface area contributed by atoms with E-state index in [1.807, 2.05) is 0 Å². The summed E-state index contributed by atoms with van der Waals surface area (Å²) >= 11 is 0.213. The normalized spacial score (nSPS) is 12.9. The predicted octanol–water partition coefficient (Wildman–Crippen LogP) is 9.39. The van der Waals surface area contributed by atoms with Gasteiger partial charge in [-0.15, -0.1) is 0 Å². The van der Waals surface area contributed by atoms with Crippen LogP contribution in [0.3, 0.4) is 0 Å². The molecular formula is C26H51NO3S2. The lowest BCUT2D eigenvalue weighted by Crippen LogP contribution is -2.09. The Morgan fingerprint density at radius 1 is 0.688 bits per heavy atom. The molecule has 0 rings (SSSR count). The monoisotopic (exact) mass is 489 g/mol. The van der Waals surface area contributed by atoms with Gasteiger partial charge >= 0.3 is 0 Å². The summed E-state index contributed by atoms with van der Waals surface area (Å²) in [5.74, 6) is 1.39. The molecular weight excluding hydrogens is 438 g/mol. The number of hydrogen-bond donors (Lipinski definition) is 0. The van der Waals surface area contributed by atoms with Gasteiger partial charge in [-0.2, -0.15) is 0 Å². The third-order valence-electron chi connectivity index (χ3n) is 5.86. The fourth-order valence-corrected chi connectivity index (χ4v) is 6.44. The lowest BCUT2D eigenvalue weighted by Gasteiger charge is -2.11. The standard InChI is InChI=1S/C26H51NO3S2/c1-3-5-7-9-11-13-15-17-19-21-23-31-26(25-27(28)29)32(30)24-22-20-18-16-14-12-10-8-6-4-2/h25H,3-24H2,1-2H3. The maximum absolute atomic E-state index is 12.5. The second-order valence-corrected chi connectivity index (χ2v) is 11.9. The Morgan fingerprint density at radius 2 is 1.06 bits per heavy atom. The summed E-state index contributed by atoms with van der Waals surface area (Å²) < 4.78 is 13.0. The van der Waals surface area contributed by atoms with Gasteiger partial charge in [-0.05, 0) is 30.4 Å². The number of thioether (sulfide) groups is 1. The van der Waals surface area contributed by atoms with Crippen molar-refractivity contribution in [2.24, 2.45) is 0 Å². The number of nitro groups is 1. The lowest BCUT2D eigenvalue weighted by atomic mass is 10.1. The van der Waals surface area contributed by atoms with E-state index in [0.717, 1.165) is 31.2 Å². The summed E-state index contributed by atoms with van der Waals surface area (Å²) in [6.45, 7) is 4.49. The highest BCUT2D eigenvalue weighted by molar-refractivity contribution is 8.18. The van der Waals surface area contributed by atoms with Crippen LogP contribution in [0.4, 0.5) is 0 Å². The van der Waals surface area contributed by atoms with Gasteiger partial charge in [0.1, 0.15) is 5.75 Å². The van der Waals surface area contributed by atoms with Crippen LogP contribution in [0.15, 0.2) is 10.4 Å². The van der Waals surface area contributed by atoms with E-state index in [4.69, 9.17) is 0 Å². The molecule has 1 unspecified atom stereocenters. The van der Waals surface area contributed by atoms with E-state index in [1.54, 1.807) is 0 Å². The van der Waals surface area contributed by atoms with Crippen molar-refractivity contribution in [1.82, 2.24) is 0 Å². The predicted molar refractivity (Wildman–Crippen MR) is 144 cm³/mol. The van der Waals surface area contributed by atoms with Crippen LogP contribution in [0.1, 0.15) is 142 Å². The van der Waals surface area contributed by atoms with Crippen LogP contribution in [0.2, 0.25) is 0 Å². The Kier molecular flexibility index (Phi) is 25.3. The summed E-state index contributed by atoms with van der Waals surface area (Å²) in [6.07, 6.45) is 26.2. The van der Waals surface area contributed by atoms with Crippen molar-refractivity contribution < 1.29 is 9.48 Å². The van der Waals surface area contributed by atoms with Crippen LogP contribution in [0.25, 0.3) is 0 Å². The van der Waals surface area contributed by atoms with E-state index in [2.05, 4.69) is 13.8 Å². The Morgan fingerprint density at radius 3 is 1.47 bits per heavy atom. The van der Waals surface area contributed by atoms with Crippen LogP contribution < -0.4 is 0 Å². The van der Waals surface area contributed by atoms with E-state index >= 15 is 0 Å². The molecule has 0 heterocycles. The molecule has 32 heavy (non-hydrogen) atoms. The van der Waals surface area contributed by atoms with Crippen molar-refractivity contribution in [3.8, 4) is 0 Å². The first-order valence-corrected chi connectivity index (χ1v) is 15.8. The summed E-state index contributed by atoms with van der Waals surface area (Å²) in [5.41, 5.74) is 0. The molecule has 0 aliphatic heterocycles. The van der Waals surface area contributed by atoms with Gasteiger partial charge in [0, 0.05) is 5.75 Å². The number of nitrogens with zero attached hydrogens (tertiary/aromatic N) is 1. The molecule has 0 amide bonds. The summed E-state index contributed by atoms with van der Waals surface area (Å²) in [6, 6.07) is 0. The van der Waals surface area contributed by atoms with Crippen molar-refractivity contribution >= 4 is 22.9 Å². The molecule has 0 aromatic heterocycles. The SMILES string of the molecule is CCCCCCCCCCCCSC(=C[N+](=O)[O-])[S+]([O-])CCCCCCCCCCCC. The first-order valence-electron chi connectivity index (χ1n) is 13.5. The number of hydrogen-bond acceptors (Lipinski definition) is 4. The maximum Gasteiger partial charge on any atom is 0.295 e. The van der Waals surface area contributed by atoms with E-state index in [9.17, 15) is 14.7 Å². The van der Waals surface area contributed by atoms with Crippen molar-refractivity contribution in [1.29, 1.82) is 0 Å². The first kappa shape index (κ1) is 31.8. The largest absolute Gasteiger partial charge is 0.611 e. The molecule has 0 aliphatic carbocycles. The van der Waals surface area contributed by atoms with E-state index < -0.39 is 16.1 Å². The molecule has 0 saturated carbocycles. The Labute approximate surface area is 206 Å². The van der Waals surface area contributed by atoms with Gasteiger partial charge in [-0.3, -0.25) is 10.1 Å². The third kappa shape index (κ3) is 23.0. The van der Waals surface area contributed by atoms with Crippen molar-refractivity contribution in [2.45, 2.75) is 142 Å². The number of unbranched alkanes of at least 4 members (excludes halogenated alkanes) is 18. The van der Waals surface area contributed by atoms with E-state index in [1.165, 1.54) is 121 Å². The summed E-state index contributed by atoms with van der Waals surface area (Å²) in [4.78, 5) is 10.5. The van der Waals surface area contributed by atoms with Crippen LogP contribution in [0, 0.1) is 10.1 Å². The molecule has 0 aromatic rings. The maximum atomic E-state index is 12.5. The molecule has 0 aliphatic rings. The van der Waals surface area contributed by atoms with Crippen LogP contribution in [0.5, 0.6) is 0 Å². The first-order chi connectivity index (χ1) is 15.6. The molecule has 6 heteroatoms. The minimum absolute atomic E-state index is 0.447. The zero-order valence-electron chi connectivity index (χ0n) is 21.1. The molecule has 1 atom stereocenters. The smallest absolute Gasteiger partial charge is 0.295 e. The highest BCUT2D eigenvalue weighted by Crippen LogP contribution is 2.26. The van der Waals surface area contributed by atoms with Crippen LogP contribution in [-0.2, 0) is 11.2 Å². The molecule has 0 bridgehead atoms. The van der Waals surface area contributed by atoms with E-state index in [-0.39, 0.29) is 0 Å². The average molecular weight is 490 g/mol.